The largest absolute Gasteiger partial charge is 0.394 e. The van der Waals surface area contributed by atoms with E-state index in [2.05, 4.69) is 0 Å². The third kappa shape index (κ3) is 10.8. The summed E-state index contributed by atoms with van der Waals surface area (Å²) >= 11 is 0. The van der Waals surface area contributed by atoms with Crippen molar-refractivity contribution < 1.29 is 38.3 Å². The molecule has 0 saturated carbocycles. The monoisotopic (exact) mass is 628 g/mol. The molecule has 8 heteroatoms. The number of benzene rings is 4. The molecule has 8 nitrogen and oxygen atoms in total. The Labute approximate surface area is 271 Å². The number of hydrogen-bond acceptors (Lipinski definition) is 8. The van der Waals surface area contributed by atoms with Crippen molar-refractivity contribution in [3.63, 3.8) is 0 Å². The number of ether oxygens (including phenoxy) is 7. The van der Waals surface area contributed by atoms with E-state index in [1.54, 1.807) is 0 Å². The van der Waals surface area contributed by atoms with Gasteiger partial charge in [0.1, 0.15) is 24.4 Å². The van der Waals surface area contributed by atoms with Crippen LogP contribution in [0, 0.1) is 0 Å². The molecule has 0 aliphatic carbocycles. The highest BCUT2D eigenvalue weighted by Gasteiger charge is 2.49. The second-order valence-corrected chi connectivity index (χ2v) is 11.0. The van der Waals surface area contributed by atoms with E-state index in [0.29, 0.717) is 33.0 Å². The van der Waals surface area contributed by atoms with Crippen LogP contribution < -0.4 is 0 Å². The Balaban J connectivity index is 1.41. The molecule has 5 rings (SSSR count). The molecule has 5 atom stereocenters. The van der Waals surface area contributed by atoms with Crippen LogP contribution in [0.5, 0.6) is 0 Å². The number of aliphatic hydroxyl groups excluding tert-OH is 1. The van der Waals surface area contributed by atoms with Crippen molar-refractivity contribution in [2.75, 3.05) is 33.0 Å². The van der Waals surface area contributed by atoms with Crippen LogP contribution in [0.3, 0.4) is 0 Å². The topological polar surface area (TPSA) is 84.8 Å². The highest BCUT2D eigenvalue weighted by molar-refractivity contribution is 5.16. The number of aliphatic hydroxyl groups is 1. The van der Waals surface area contributed by atoms with Crippen LogP contribution in [0.15, 0.2) is 121 Å². The summed E-state index contributed by atoms with van der Waals surface area (Å²) in [4.78, 5) is 0. The lowest BCUT2D eigenvalue weighted by Gasteiger charge is -2.46. The van der Waals surface area contributed by atoms with E-state index in [9.17, 15) is 0 Å². The maximum absolute atomic E-state index is 9.13. The van der Waals surface area contributed by atoms with E-state index >= 15 is 0 Å². The SMILES string of the molecule is OCCOCCO[C@@H]1O[C@H](COCc2ccccc2)[C@@H](OCc2ccccc2)[C@H](OCc2ccccc2)[C@@H]1OCc1ccccc1. The summed E-state index contributed by atoms with van der Waals surface area (Å²) in [5.41, 5.74) is 4.15. The Morgan fingerprint density at radius 1 is 0.457 bits per heavy atom. The van der Waals surface area contributed by atoms with Gasteiger partial charge in [-0.05, 0) is 22.3 Å². The normalized spacial score (nSPS) is 21.3. The van der Waals surface area contributed by atoms with E-state index in [1.165, 1.54) is 0 Å². The Morgan fingerprint density at radius 3 is 1.41 bits per heavy atom. The fraction of sp³-hybridized carbons (Fsp3) is 0.368. The molecule has 0 unspecified atom stereocenters. The van der Waals surface area contributed by atoms with Gasteiger partial charge in [0.2, 0.25) is 0 Å². The van der Waals surface area contributed by atoms with E-state index in [-0.39, 0.29) is 26.4 Å². The molecule has 0 aromatic heterocycles. The summed E-state index contributed by atoms with van der Waals surface area (Å²) in [6.07, 6.45) is -3.04. The fourth-order valence-corrected chi connectivity index (χ4v) is 5.27. The highest BCUT2D eigenvalue weighted by atomic mass is 16.7. The molecule has 1 heterocycles. The van der Waals surface area contributed by atoms with E-state index < -0.39 is 30.7 Å². The third-order valence-electron chi connectivity index (χ3n) is 7.59. The van der Waals surface area contributed by atoms with Gasteiger partial charge in [0.15, 0.2) is 6.29 Å². The van der Waals surface area contributed by atoms with Crippen molar-refractivity contribution in [2.45, 2.75) is 57.1 Å². The van der Waals surface area contributed by atoms with Gasteiger partial charge >= 0.3 is 0 Å². The smallest absolute Gasteiger partial charge is 0.187 e. The van der Waals surface area contributed by atoms with Gasteiger partial charge in [-0.25, -0.2) is 0 Å². The molecule has 0 amide bonds. The van der Waals surface area contributed by atoms with E-state index in [4.69, 9.17) is 38.3 Å². The predicted octanol–water partition coefficient (Wildman–Crippen LogP) is 5.71. The van der Waals surface area contributed by atoms with Crippen molar-refractivity contribution in [3.8, 4) is 0 Å². The molecule has 1 fully saturated rings. The minimum Gasteiger partial charge on any atom is -0.394 e. The molecule has 1 N–H and O–H groups in total. The molecule has 4 aromatic carbocycles. The van der Waals surface area contributed by atoms with Crippen LogP contribution in [0.1, 0.15) is 22.3 Å². The lowest BCUT2D eigenvalue weighted by atomic mass is 9.97. The maximum Gasteiger partial charge on any atom is 0.187 e. The lowest BCUT2D eigenvalue weighted by Crippen LogP contribution is -2.62. The fourth-order valence-electron chi connectivity index (χ4n) is 5.27. The quantitative estimate of drug-likeness (QED) is 0.132. The zero-order valence-electron chi connectivity index (χ0n) is 26.1. The lowest BCUT2D eigenvalue weighted by molar-refractivity contribution is -0.329. The van der Waals surface area contributed by atoms with Crippen LogP contribution in [0.4, 0.5) is 0 Å². The molecule has 4 aromatic rings. The molecule has 244 valence electrons. The first-order chi connectivity index (χ1) is 22.8. The van der Waals surface area contributed by atoms with Crippen molar-refractivity contribution in [2.24, 2.45) is 0 Å². The van der Waals surface area contributed by atoms with Gasteiger partial charge in [0.25, 0.3) is 0 Å². The average Bonchev–Trinajstić information content (AvgIpc) is 3.11. The summed E-state index contributed by atoms with van der Waals surface area (Å²) < 4.78 is 44.5. The van der Waals surface area contributed by atoms with Gasteiger partial charge in [0.05, 0.1) is 59.5 Å². The first kappa shape index (κ1) is 33.9. The second-order valence-electron chi connectivity index (χ2n) is 11.0. The van der Waals surface area contributed by atoms with Gasteiger partial charge in [-0.15, -0.1) is 0 Å². The van der Waals surface area contributed by atoms with Gasteiger partial charge in [-0.2, -0.15) is 0 Å². The molecule has 46 heavy (non-hydrogen) atoms. The Hall–Kier alpha value is -3.44. The Bertz CT molecular complexity index is 1340. The van der Waals surface area contributed by atoms with Crippen molar-refractivity contribution in [1.82, 2.24) is 0 Å². The zero-order valence-corrected chi connectivity index (χ0v) is 26.1. The molecule has 0 bridgehead atoms. The summed E-state index contributed by atoms with van der Waals surface area (Å²) in [6.45, 7) is 2.45. The van der Waals surface area contributed by atoms with Crippen LogP contribution in [-0.2, 0) is 59.6 Å². The summed E-state index contributed by atoms with van der Waals surface area (Å²) in [5.74, 6) is 0. The van der Waals surface area contributed by atoms with Gasteiger partial charge in [0, 0.05) is 0 Å². The van der Waals surface area contributed by atoms with E-state index in [1.807, 2.05) is 121 Å². The molecular weight excluding hydrogens is 584 g/mol. The third-order valence-corrected chi connectivity index (χ3v) is 7.59. The molecule has 1 aliphatic heterocycles. The minimum atomic E-state index is -0.788. The predicted molar refractivity (Wildman–Crippen MR) is 174 cm³/mol. The van der Waals surface area contributed by atoms with Crippen LogP contribution in [0.25, 0.3) is 0 Å². The summed E-state index contributed by atoms with van der Waals surface area (Å²) in [6, 6.07) is 40.1. The molecule has 0 spiro atoms. The van der Waals surface area contributed by atoms with Crippen LogP contribution in [-0.4, -0.2) is 68.8 Å². The first-order valence-electron chi connectivity index (χ1n) is 15.8. The van der Waals surface area contributed by atoms with Crippen molar-refractivity contribution in [3.05, 3.63) is 144 Å². The molecule has 1 saturated heterocycles. The zero-order chi connectivity index (χ0) is 31.7. The maximum atomic E-state index is 9.13. The Kier molecular flexibility index (Phi) is 14.2. The highest BCUT2D eigenvalue weighted by Crippen LogP contribution is 2.31. The molecule has 1 aliphatic rings. The van der Waals surface area contributed by atoms with Crippen molar-refractivity contribution in [1.29, 1.82) is 0 Å². The van der Waals surface area contributed by atoms with Gasteiger partial charge in [-0.3, -0.25) is 0 Å². The van der Waals surface area contributed by atoms with Gasteiger partial charge in [-0.1, -0.05) is 121 Å². The number of hydrogen-bond donors (Lipinski definition) is 1. The van der Waals surface area contributed by atoms with Crippen molar-refractivity contribution >= 4 is 0 Å². The van der Waals surface area contributed by atoms with E-state index in [0.717, 1.165) is 22.3 Å². The number of rotatable bonds is 19. The van der Waals surface area contributed by atoms with Gasteiger partial charge < -0.3 is 38.3 Å². The standard InChI is InChI=1S/C38H44O8/c39-21-22-40-23-24-42-38-37(45-28-33-19-11-4-12-20-33)36(44-27-32-17-9-3-10-18-32)35(43-26-31-15-7-2-8-16-31)34(46-38)29-41-25-30-13-5-1-6-14-30/h1-20,34-39H,21-29H2/t34-,35-,36+,37+,38-/m1/s1. The summed E-state index contributed by atoms with van der Waals surface area (Å²) in [5, 5.41) is 9.13. The summed E-state index contributed by atoms with van der Waals surface area (Å²) in [7, 11) is 0. The average molecular weight is 629 g/mol. The second kappa shape index (κ2) is 19.3. The molecule has 0 radical (unpaired) electrons. The first-order valence-corrected chi connectivity index (χ1v) is 15.8. The van der Waals surface area contributed by atoms with Crippen LogP contribution in [0.2, 0.25) is 0 Å². The Morgan fingerprint density at radius 2 is 0.913 bits per heavy atom. The minimum absolute atomic E-state index is 0.0562. The van der Waals surface area contributed by atoms with Crippen LogP contribution >= 0.6 is 0 Å². The molecular formula is C38H44O8.